The van der Waals surface area contributed by atoms with Crippen LogP contribution in [-0.4, -0.2) is 31.4 Å². The van der Waals surface area contributed by atoms with Crippen molar-refractivity contribution in [3.05, 3.63) is 0 Å². The summed E-state index contributed by atoms with van der Waals surface area (Å²) in [5.74, 6) is 0. The Morgan fingerprint density at radius 1 is 1.55 bits per heavy atom. The zero-order valence-corrected chi connectivity index (χ0v) is 9.93. The van der Waals surface area contributed by atoms with E-state index in [2.05, 4.69) is 27.7 Å². The van der Waals surface area contributed by atoms with Gasteiger partial charge in [0, 0.05) is 7.05 Å². The summed E-state index contributed by atoms with van der Waals surface area (Å²) in [6.45, 7) is 0. The zero-order chi connectivity index (χ0) is 8.65. The van der Waals surface area contributed by atoms with Gasteiger partial charge >= 0.3 is 0 Å². The Kier molecular flexibility index (Phi) is 3.00. The maximum absolute atomic E-state index is 5.63. The molecule has 1 heterocycles. The minimum Gasteiger partial charge on any atom is -0.286 e. The Balaban J connectivity index is 2.70. The van der Waals surface area contributed by atoms with Crippen molar-refractivity contribution in [2.75, 3.05) is 7.05 Å². The first kappa shape index (κ1) is 9.95. The zero-order valence-electron chi connectivity index (χ0n) is 5.51. The summed E-state index contributed by atoms with van der Waals surface area (Å²) in [5, 5.41) is 5.64. The summed E-state index contributed by atoms with van der Waals surface area (Å²) in [7, 11) is 1.81. The van der Waals surface area contributed by atoms with Crippen molar-refractivity contribution in [1.82, 2.24) is 9.91 Å². The van der Waals surface area contributed by atoms with Crippen LogP contribution in [0.15, 0.2) is 5.10 Å². The number of nitrogens with zero attached hydrogens (tertiary/aromatic N) is 3. The highest BCUT2D eigenvalue weighted by Crippen LogP contribution is 2.35. The van der Waals surface area contributed by atoms with Gasteiger partial charge in [-0.1, -0.05) is 34.8 Å². The summed E-state index contributed by atoms with van der Waals surface area (Å²) >= 11 is 19.0. The molecular formula is C4H5Cl3IN3. The van der Waals surface area contributed by atoms with Crippen LogP contribution in [0.3, 0.4) is 0 Å². The third-order valence-corrected chi connectivity index (χ3v) is 3.18. The van der Waals surface area contributed by atoms with E-state index < -0.39 is 3.92 Å². The Hall–Kier alpha value is 0.870. The van der Waals surface area contributed by atoms with Gasteiger partial charge < -0.3 is 0 Å². The van der Waals surface area contributed by atoms with Gasteiger partial charge in [0.05, 0.1) is 0 Å². The van der Waals surface area contributed by atoms with Crippen molar-refractivity contribution >= 4 is 63.7 Å². The Morgan fingerprint density at radius 3 is 2.27 bits per heavy atom. The molecule has 0 saturated heterocycles. The van der Waals surface area contributed by atoms with Gasteiger partial charge in [0.25, 0.3) is 3.92 Å². The molecule has 64 valence electrons. The number of halogens is 4. The fraction of sp³-hybridized carbons (Fsp3) is 0.750. The molecule has 0 aromatic heterocycles. The molecule has 0 radical (unpaired) electrons. The second-order valence-corrected chi connectivity index (χ2v) is 5.33. The number of hydrogen-bond acceptors (Lipinski definition) is 3. The Bertz CT molecular complexity index is 180. The molecule has 1 aliphatic heterocycles. The van der Waals surface area contributed by atoms with Crippen molar-refractivity contribution < 1.29 is 0 Å². The van der Waals surface area contributed by atoms with Gasteiger partial charge in [0.15, 0.2) is 4.17 Å². The van der Waals surface area contributed by atoms with Gasteiger partial charge in [-0.05, 0) is 22.6 Å². The maximum atomic E-state index is 5.63. The van der Waals surface area contributed by atoms with Gasteiger partial charge in [0.1, 0.15) is 6.34 Å². The molecule has 1 aliphatic rings. The number of alkyl halides is 4. The topological polar surface area (TPSA) is 18.8 Å². The molecule has 1 atom stereocenters. The second-order valence-electron chi connectivity index (χ2n) is 1.99. The highest BCUT2D eigenvalue weighted by Gasteiger charge is 2.37. The van der Waals surface area contributed by atoms with Gasteiger partial charge in [-0.15, -0.1) is 0 Å². The summed E-state index contributed by atoms with van der Waals surface area (Å²) in [6.07, 6.45) is 1.50. The minimum absolute atomic E-state index is 0.0416. The monoisotopic (exact) mass is 327 g/mol. The van der Waals surface area contributed by atoms with Crippen LogP contribution in [0.25, 0.3) is 0 Å². The Morgan fingerprint density at radius 2 is 2.09 bits per heavy atom. The third kappa shape index (κ3) is 2.17. The van der Waals surface area contributed by atoms with Crippen molar-refractivity contribution in [3.8, 4) is 0 Å². The third-order valence-electron chi connectivity index (χ3n) is 1.19. The van der Waals surface area contributed by atoms with Crippen molar-refractivity contribution in [2.45, 2.75) is 8.09 Å². The van der Waals surface area contributed by atoms with Gasteiger partial charge in [-0.2, -0.15) is 5.10 Å². The van der Waals surface area contributed by atoms with Crippen molar-refractivity contribution in [2.24, 2.45) is 5.10 Å². The average molecular weight is 328 g/mol. The van der Waals surface area contributed by atoms with E-state index in [1.54, 1.807) is 5.01 Å². The fourth-order valence-electron chi connectivity index (χ4n) is 0.613. The first-order valence-corrected chi connectivity index (χ1v) is 5.07. The lowest BCUT2D eigenvalue weighted by Crippen LogP contribution is -2.40. The summed E-state index contributed by atoms with van der Waals surface area (Å²) in [5.41, 5.74) is 0. The lowest BCUT2D eigenvalue weighted by atomic mass is 10.8. The highest BCUT2D eigenvalue weighted by molar-refractivity contribution is 14.1. The van der Waals surface area contributed by atoms with Crippen LogP contribution in [0.4, 0.5) is 0 Å². The standard InChI is InChI=1S/C4H5Cl3IN3/c1-10-3(8)11(2-9-10)4(5,6)7/h2-3H,1H3. The molecule has 0 amide bonds. The molecule has 11 heavy (non-hydrogen) atoms. The molecule has 1 unspecified atom stereocenters. The van der Waals surface area contributed by atoms with Crippen LogP contribution in [0.2, 0.25) is 0 Å². The van der Waals surface area contributed by atoms with E-state index in [0.29, 0.717) is 0 Å². The average Bonchev–Trinajstić information content (AvgIpc) is 2.11. The molecule has 3 nitrogen and oxygen atoms in total. The largest absolute Gasteiger partial charge is 0.286 e. The summed E-state index contributed by atoms with van der Waals surface area (Å²) < 4.78 is -1.46. The smallest absolute Gasteiger partial charge is 0.271 e. The fourth-order valence-corrected chi connectivity index (χ4v) is 2.22. The van der Waals surface area contributed by atoms with Crippen LogP contribution < -0.4 is 0 Å². The van der Waals surface area contributed by atoms with Gasteiger partial charge in [0.2, 0.25) is 0 Å². The lowest BCUT2D eigenvalue weighted by Gasteiger charge is -2.28. The molecule has 7 heteroatoms. The van der Waals surface area contributed by atoms with E-state index in [9.17, 15) is 0 Å². The molecule has 0 aliphatic carbocycles. The van der Waals surface area contributed by atoms with Gasteiger partial charge in [-0.3, -0.25) is 9.91 Å². The number of hydrogen-bond donors (Lipinski definition) is 0. The molecule has 0 bridgehead atoms. The van der Waals surface area contributed by atoms with Crippen molar-refractivity contribution in [3.63, 3.8) is 0 Å². The van der Waals surface area contributed by atoms with Crippen LogP contribution in [0.1, 0.15) is 0 Å². The molecule has 0 saturated carbocycles. The van der Waals surface area contributed by atoms with E-state index in [0.717, 1.165) is 0 Å². The molecule has 0 aromatic rings. The van der Waals surface area contributed by atoms with Gasteiger partial charge in [-0.25, -0.2) is 0 Å². The van der Waals surface area contributed by atoms with Crippen LogP contribution in [0.5, 0.6) is 0 Å². The predicted molar refractivity (Wildman–Crippen MR) is 56.2 cm³/mol. The summed E-state index contributed by atoms with van der Waals surface area (Å²) in [6, 6.07) is 0. The Labute approximate surface area is 93.4 Å². The van der Waals surface area contributed by atoms with Crippen LogP contribution >= 0.6 is 57.4 Å². The molecule has 0 aromatic carbocycles. The van der Waals surface area contributed by atoms with E-state index in [-0.39, 0.29) is 4.17 Å². The maximum Gasteiger partial charge on any atom is 0.271 e. The van der Waals surface area contributed by atoms with E-state index in [1.807, 2.05) is 7.05 Å². The summed E-state index contributed by atoms with van der Waals surface area (Å²) in [4.78, 5) is 1.53. The molecule has 1 rings (SSSR count). The molecule has 0 N–H and O–H groups in total. The molecular weight excluding hydrogens is 323 g/mol. The SMILES string of the molecule is CN1N=CN(C(Cl)(Cl)Cl)C1I. The van der Waals surface area contributed by atoms with E-state index >= 15 is 0 Å². The number of hydrazone groups is 1. The predicted octanol–water partition coefficient (Wildman–Crippen LogP) is 2.22. The number of rotatable bonds is 0. The normalized spacial score (nSPS) is 25.0. The van der Waals surface area contributed by atoms with E-state index in [4.69, 9.17) is 34.8 Å². The first-order chi connectivity index (χ1) is 4.93. The second kappa shape index (κ2) is 3.32. The first-order valence-electron chi connectivity index (χ1n) is 2.69. The quantitative estimate of drug-likeness (QED) is 0.386. The molecule has 0 spiro atoms. The highest BCUT2D eigenvalue weighted by atomic mass is 127. The van der Waals surface area contributed by atoms with Crippen molar-refractivity contribution in [1.29, 1.82) is 0 Å². The van der Waals surface area contributed by atoms with Crippen LogP contribution in [0, 0.1) is 0 Å². The van der Waals surface area contributed by atoms with Crippen LogP contribution in [-0.2, 0) is 0 Å². The minimum atomic E-state index is -1.42. The lowest BCUT2D eigenvalue weighted by molar-refractivity contribution is 0.259. The molecule has 0 fully saturated rings. The van der Waals surface area contributed by atoms with E-state index in [1.165, 1.54) is 11.2 Å².